The van der Waals surface area contributed by atoms with Gasteiger partial charge in [-0.25, -0.2) is 5.43 Å². The van der Waals surface area contributed by atoms with Crippen molar-refractivity contribution < 1.29 is 28.5 Å². The van der Waals surface area contributed by atoms with Gasteiger partial charge in [-0.1, -0.05) is 53.5 Å². The van der Waals surface area contributed by atoms with E-state index in [1.165, 1.54) is 33.6 Å². The molecule has 3 aromatic carbocycles. The molecule has 0 aromatic heterocycles. The molecule has 0 saturated carbocycles. The highest BCUT2D eigenvalue weighted by Crippen LogP contribution is 2.37. The van der Waals surface area contributed by atoms with E-state index in [-0.39, 0.29) is 11.4 Å². The predicted molar refractivity (Wildman–Crippen MR) is 150 cm³/mol. The van der Waals surface area contributed by atoms with Crippen molar-refractivity contribution in [2.45, 2.75) is 25.5 Å². The van der Waals surface area contributed by atoms with E-state index in [2.05, 4.69) is 15.8 Å². The van der Waals surface area contributed by atoms with Crippen molar-refractivity contribution >= 4 is 41.2 Å². The number of carbonyl (C=O) groups is 2. The van der Waals surface area contributed by atoms with Crippen LogP contribution in [0, 0.1) is 0 Å². The maximum Gasteiger partial charge on any atom is 0.262 e. The lowest BCUT2D eigenvalue weighted by atomic mass is 10.1. The molecular weight excluding hydrogens is 545 g/mol. The Morgan fingerprint density at radius 1 is 0.897 bits per heavy atom. The SMILES string of the molecule is COc1cc(/C=N\NC(=O)[C@H](Cc2ccccc2)NC(=O)[C@@H](C)Oc2ccc(Cl)cc2Cl)cc(OC)c1OC. The minimum absolute atomic E-state index is 0.229. The Balaban J connectivity index is 1.74. The number of hydrogen-bond donors (Lipinski definition) is 2. The number of benzene rings is 3. The quantitative estimate of drug-likeness (QED) is 0.241. The molecule has 0 aliphatic heterocycles. The number of nitrogens with zero attached hydrogens (tertiary/aromatic N) is 1. The maximum atomic E-state index is 13.1. The molecule has 0 spiro atoms. The Hall–Kier alpha value is -3.95. The molecule has 0 heterocycles. The molecule has 3 aromatic rings. The third kappa shape index (κ3) is 8.27. The van der Waals surface area contributed by atoms with Crippen LogP contribution in [0.1, 0.15) is 18.1 Å². The number of amides is 2. The summed E-state index contributed by atoms with van der Waals surface area (Å²) in [5, 5.41) is 7.51. The van der Waals surface area contributed by atoms with Gasteiger partial charge < -0.3 is 24.3 Å². The van der Waals surface area contributed by atoms with Gasteiger partial charge in [-0.3, -0.25) is 9.59 Å². The first-order chi connectivity index (χ1) is 18.7. The number of hydrogen-bond acceptors (Lipinski definition) is 7. The molecule has 9 nitrogen and oxygen atoms in total. The zero-order valence-electron chi connectivity index (χ0n) is 21.9. The summed E-state index contributed by atoms with van der Waals surface area (Å²) in [5.74, 6) is 0.575. The third-order valence-electron chi connectivity index (χ3n) is 5.56. The fourth-order valence-corrected chi connectivity index (χ4v) is 4.04. The Morgan fingerprint density at radius 2 is 1.56 bits per heavy atom. The van der Waals surface area contributed by atoms with Crippen LogP contribution in [0.5, 0.6) is 23.0 Å². The van der Waals surface area contributed by atoms with Gasteiger partial charge in [0.15, 0.2) is 17.6 Å². The summed E-state index contributed by atoms with van der Waals surface area (Å²) in [6.45, 7) is 1.56. The molecule has 0 aliphatic rings. The lowest BCUT2D eigenvalue weighted by Gasteiger charge is -2.21. The minimum atomic E-state index is -0.947. The van der Waals surface area contributed by atoms with Crippen LogP contribution in [0.25, 0.3) is 0 Å². The Morgan fingerprint density at radius 3 is 2.15 bits per heavy atom. The van der Waals surface area contributed by atoms with Gasteiger partial charge in [0.1, 0.15) is 11.8 Å². The number of methoxy groups -OCH3 is 3. The van der Waals surface area contributed by atoms with E-state index < -0.39 is 24.0 Å². The highest BCUT2D eigenvalue weighted by atomic mass is 35.5. The van der Waals surface area contributed by atoms with Crippen LogP contribution in [-0.4, -0.2) is 51.5 Å². The molecule has 0 bridgehead atoms. The smallest absolute Gasteiger partial charge is 0.262 e. The second kappa shape index (κ2) is 14.3. The van der Waals surface area contributed by atoms with Crippen molar-refractivity contribution in [3.05, 3.63) is 81.8 Å². The van der Waals surface area contributed by atoms with Gasteiger partial charge in [-0.15, -0.1) is 0 Å². The summed E-state index contributed by atoms with van der Waals surface area (Å²) in [4.78, 5) is 26.1. The summed E-state index contributed by atoms with van der Waals surface area (Å²) in [5.41, 5.74) is 3.93. The summed E-state index contributed by atoms with van der Waals surface area (Å²) >= 11 is 12.1. The van der Waals surface area contributed by atoms with Crippen LogP contribution in [0.4, 0.5) is 0 Å². The van der Waals surface area contributed by atoms with Gasteiger partial charge in [0.2, 0.25) is 5.75 Å². The molecule has 3 rings (SSSR count). The molecule has 2 N–H and O–H groups in total. The zero-order valence-corrected chi connectivity index (χ0v) is 23.4. The summed E-state index contributed by atoms with van der Waals surface area (Å²) < 4.78 is 21.7. The molecule has 0 aliphatic carbocycles. The zero-order chi connectivity index (χ0) is 28.4. The van der Waals surface area contributed by atoms with E-state index in [1.54, 1.807) is 31.2 Å². The van der Waals surface area contributed by atoms with Gasteiger partial charge in [-0.05, 0) is 42.8 Å². The van der Waals surface area contributed by atoms with E-state index in [4.69, 9.17) is 42.1 Å². The van der Waals surface area contributed by atoms with E-state index in [0.29, 0.717) is 33.6 Å². The van der Waals surface area contributed by atoms with Crippen molar-refractivity contribution in [3.63, 3.8) is 0 Å². The van der Waals surface area contributed by atoms with Crippen LogP contribution in [0.2, 0.25) is 10.0 Å². The highest BCUT2D eigenvalue weighted by Gasteiger charge is 2.25. The Bertz CT molecular complexity index is 1290. The first kappa shape index (κ1) is 29.6. The van der Waals surface area contributed by atoms with Crippen LogP contribution in [0.15, 0.2) is 65.8 Å². The van der Waals surface area contributed by atoms with Crippen molar-refractivity contribution in [1.82, 2.24) is 10.7 Å². The lowest BCUT2D eigenvalue weighted by molar-refractivity contribution is -0.132. The van der Waals surface area contributed by atoms with Crippen molar-refractivity contribution in [2.24, 2.45) is 5.10 Å². The molecule has 206 valence electrons. The average Bonchev–Trinajstić information content (AvgIpc) is 2.93. The van der Waals surface area contributed by atoms with Gasteiger partial charge in [0.05, 0.1) is 32.6 Å². The standard InChI is InChI=1S/C28H29Cl2N3O6/c1-17(39-23-11-10-20(29)15-21(23)30)27(34)32-22(12-18-8-6-5-7-9-18)28(35)33-31-16-19-13-24(36-2)26(38-4)25(14-19)37-3/h5-11,13-17,22H,12H2,1-4H3,(H,32,34)(H,33,35)/b31-16-/t17-,22+/m1/s1. The topological polar surface area (TPSA) is 107 Å². The van der Waals surface area contributed by atoms with Gasteiger partial charge in [0, 0.05) is 17.0 Å². The van der Waals surface area contributed by atoms with Gasteiger partial charge in [-0.2, -0.15) is 5.10 Å². The molecule has 2 amide bonds. The van der Waals surface area contributed by atoms with Crippen LogP contribution >= 0.6 is 23.2 Å². The summed E-state index contributed by atoms with van der Waals surface area (Å²) in [6.07, 6.45) is 0.711. The number of ether oxygens (including phenoxy) is 4. The molecule has 0 radical (unpaired) electrons. The second-order valence-electron chi connectivity index (χ2n) is 8.28. The van der Waals surface area contributed by atoms with E-state index >= 15 is 0 Å². The second-order valence-corrected chi connectivity index (χ2v) is 9.12. The fourth-order valence-electron chi connectivity index (χ4n) is 3.59. The third-order valence-corrected chi connectivity index (χ3v) is 6.09. The molecule has 0 unspecified atom stereocenters. The van der Waals surface area contributed by atoms with Crippen LogP contribution in [0.3, 0.4) is 0 Å². The summed E-state index contributed by atoms with van der Waals surface area (Å²) in [6, 6.07) is 16.4. The first-order valence-corrected chi connectivity index (χ1v) is 12.6. The first-order valence-electron chi connectivity index (χ1n) is 11.8. The Kier molecular flexibility index (Phi) is 10.8. The number of hydrazone groups is 1. The fraction of sp³-hybridized carbons (Fsp3) is 0.250. The Labute approximate surface area is 237 Å². The van der Waals surface area contributed by atoms with Gasteiger partial charge in [0.25, 0.3) is 11.8 Å². The molecule has 0 fully saturated rings. The number of nitrogens with one attached hydrogen (secondary N) is 2. The van der Waals surface area contributed by atoms with Crippen molar-refractivity contribution in [2.75, 3.05) is 21.3 Å². The molecule has 39 heavy (non-hydrogen) atoms. The van der Waals surface area contributed by atoms with E-state index in [1.807, 2.05) is 30.3 Å². The number of carbonyl (C=O) groups excluding carboxylic acids is 2. The number of rotatable bonds is 12. The normalized spacial score (nSPS) is 12.4. The molecule has 0 saturated heterocycles. The predicted octanol–water partition coefficient (Wildman–Crippen LogP) is 4.66. The van der Waals surface area contributed by atoms with Crippen LogP contribution in [-0.2, 0) is 16.0 Å². The minimum Gasteiger partial charge on any atom is -0.493 e. The van der Waals surface area contributed by atoms with E-state index in [9.17, 15) is 9.59 Å². The molecule has 2 atom stereocenters. The molecule has 11 heteroatoms. The monoisotopic (exact) mass is 573 g/mol. The number of halogens is 2. The lowest BCUT2D eigenvalue weighted by Crippen LogP contribution is -2.50. The van der Waals surface area contributed by atoms with E-state index in [0.717, 1.165) is 5.56 Å². The maximum absolute atomic E-state index is 13.1. The van der Waals surface area contributed by atoms with Crippen LogP contribution < -0.4 is 29.7 Å². The largest absolute Gasteiger partial charge is 0.493 e. The summed E-state index contributed by atoms with van der Waals surface area (Å²) in [7, 11) is 4.51. The van der Waals surface area contributed by atoms with Crippen molar-refractivity contribution in [1.29, 1.82) is 0 Å². The highest BCUT2D eigenvalue weighted by molar-refractivity contribution is 6.35. The van der Waals surface area contributed by atoms with Crippen molar-refractivity contribution in [3.8, 4) is 23.0 Å². The average molecular weight is 574 g/mol. The molecular formula is C28H29Cl2N3O6. The van der Waals surface area contributed by atoms with Gasteiger partial charge >= 0.3 is 0 Å².